The van der Waals surface area contributed by atoms with Crippen LogP contribution in [0.15, 0.2) is 42.6 Å². The van der Waals surface area contributed by atoms with Crippen LogP contribution in [0.2, 0.25) is 0 Å². The first-order valence-corrected chi connectivity index (χ1v) is 9.21. The smallest absolute Gasteiger partial charge is 0.217 e. The van der Waals surface area contributed by atoms with E-state index in [1.807, 2.05) is 31.2 Å². The van der Waals surface area contributed by atoms with Crippen molar-refractivity contribution in [3.63, 3.8) is 0 Å². The standard InChI is InChI=1S/C21H26N2O3/c1-15(23-16(2)24)3-4-17-7-9-19(10-8-17)26-20-11-12-21(22-13-20)25-14-18-5-6-18/h7-13,15,18H,3-6,14H2,1-2H3,(H,23,24). The molecule has 26 heavy (non-hydrogen) atoms. The number of hydrogen-bond acceptors (Lipinski definition) is 4. The van der Waals surface area contributed by atoms with Gasteiger partial charge in [-0.05, 0) is 62.3 Å². The Hall–Kier alpha value is -2.56. The summed E-state index contributed by atoms with van der Waals surface area (Å²) in [6.07, 6.45) is 6.04. The van der Waals surface area contributed by atoms with E-state index >= 15 is 0 Å². The second kappa shape index (κ2) is 8.70. The Balaban J connectivity index is 1.46. The number of ether oxygens (including phenoxy) is 2. The fourth-order valence-electron chi connectivity index (χ4n) is 2.66. The lowest BCUT2D eigenvalue weighted by Crippen LogP contribution is -2.30. The Morgan fingerprint density at radius 2 is 1.92 bits per heavy atom. The van der Waals surface area contributed by atoms with E-state index in [0.717, 1.165) is 25.2 Å². The Morgan fingerprint density at radius 3 is 2.54 bits per heavy atom. The number of aryl methyl sites for hydroxylation is 1. The number of amides is 1. The number of carbonyl (C=O) groups is 1. The number of carbonyl (C=O) groups excluding carboxylic acids is 1. The third-order valence-electron chi connectivity index (χ3n) is 4.35. The third kappa shape index (κ3) is 6.06. The summed E-state index contributed by atoms with van der Waals surface area (Å²) >= 11 is 0. The highest BCUT2D eigenvalue weighted by molar-refractivity contribution is 5.73. The molecular formula is C21H26N2O3. The van der Waals surface area contributed by atoms with Gasteiger partial charge in [0, 0.05) is 19.0 Å². The van der Waals surface area contributed by atoms with Crippen LogP contribution in [0.3, 0.4) is 0 Å². The molecule has 1 atom stereocenters. The van der Waals surface area contributed by atoms with Crippen molar-refractivity contribution in [1.29, 1.82) is 0 Å². The Morgan fingerprint density at radius 1 is 1.19 bits per heavy atom. The van der Waals surface area contributed by atoms with Crippen molar-refractivity contribution >= 4 is 5.91 Å². The molecule has 5 heteroatoms. The van der Waals surface area contributed by atoms with Gasteiger partial charge in [-0.2, -0.15) is 0 Å². The van der Waals surface area contributed by atoms with Crippen LogP contribution in [0.25, 0.3) is 0 Å². The summed E-state index contributed by atoms with van der Waals surface area (Å²) in [4.78, 5) is 15.3. The van der Waals surface area contributed by atoms with Crippen molar-refractivity contribution < 1.29 is 14.3 Å². The van der Waals surface area contributed by atoms with Gasteiger partial charge in [-0.25, -0.2) is 4.98 Å². The van der Waals surface area contributed by atoms with Crippen molar-refractivity contribution in [3.8, 4) is 17.4 Å². The van der Waals surface area contributed by atoms with Gasteiger partial charge in [-0.15, -0.1) is 0 Å². The molecule has 1 aromatic heterocycles. The van der Waals surface area contributed by atoms with Crippen LogP contribution in [-0.2, 0) is 11.2 Å². The molecule has 2 aromatic rings. The van der Waals surface area contributed by atoms with Crippen molar-refractivity contribution in [1.82, 2.24) is 10.3 Å². The second-order valence-corrected chi connectivity index (χ2v) is 6.97. The number of nitrogens with zero attached hydrogens (tertiary/aromatic N) is 1. The topological polar surface area (TPSA) is 60.5 Å². The molecular weight excluding hydrogens is 328 g/mol. The molecule has 0 bridgehead atoms. The number of benzene rings is 1. The molecule has 3 rings (SSSR count). The number of rotatable bonds is 9. The molecule has 1 amide bonds. The van der Waals surface area contributed by atoms with Crippen LogP contribution in [0.1, 0.15) is 38.7 Å². The van der Waals surface area contributed by atoms with E-state index in [4.69, 9.17) is 9.47 Å². The van der Waals surface area contributed by atoms with Gasteiger partial charge in [0.15, 0.2) is 0 Å². The molecule has 0 radical (unpaired) electrons. The summed E-state index contributed by atoms with van der Waals surface area (Å²) in [5, 5.41) is 2.90. The molecule has 1 N–H and O–H groups in total. The Labute approximate surface area is 154 Å². The predicted octanol–water partition coefficient (Wildman–Crippen LogP) is 4.12. The van der Waals surface area contributed by atoms with Crippen molar-refractivity contribution in [2.24, 2.45) is 5.92 Å². The van der Waals surface area contributed by atoms with E-state index in [2.05, 4.69) is 22.4 Å². The first kappa shape index (κ1) is 18.2. The van der Waals surface area contributed by atoms with Crippen LogP contribution in [0.5, 0.6) is 17.4 Å². The third-order valence-corrected chi connectivity index (χ3v) is 4.35. The molecule has 1 saturated carbocycles. The summed E-state index contributed by atoms with van der Waals surface area (Å²) in [7, 11) is 0. The fourth-order valence-corrected chi connectivity index (χ4v) is 2.66. The lowest BCUT2D eigenvalue weighted by atomic mass is 10.1. The van der Waals surface area contributed by atoms with Crippen LogP contribution < -0.4 is 14.8 Å². The summed E-state index contributed by atoms with van der Waals surface area (Å²) in [6.45, 7) is 4.32. The zero-order chi connectivity index (χ0) is 18.4. The summed E-state index contributed by atoms with van der Waals surface area (Å²) in [6, 6.07) is 11.9. The average Bonchev–Trinajstić information content (AvgIpc) is 3.44. The number of aromatic nitrogens is 1. The van der Waals surface area contributed by atoms with E-state index in [1.54, 1.807) is 13.1 Å². The van der Waals surface area contributed by atoms with Gasteiger partial charge in [-0.3, -0.25) is 4.79 Å². The highest BCUT2D eigenvalue weighted by Gasteiger charge is 2.22. The number of pyridine rings is 1. The Bertz CT molecular complexity index is 709. The van der Waals surface area contributed by atoms with Crippen LogP contribution in [0, 0.1) is 5.92 Å². The van der Waals surface area contributed by atoms with Gasteiger partial charge in [0.25, 0.3) is 0 Å². The quantitative estimate of drug-likeness (QED) is 0.736. The molecule has 5 nitrogen and oxygen atoms in total. The minimum Gasteiger partial charge on any atom is -0.477 e. The zero-order valence-electron chi connectivity index (χ0n) is 15.4. The van der Waals surface area contributed by atoms with Crippen LogP contribution in [-0.4, -0.2) is 23.5 Å². The maximum Gasteiger partial charge on any atom is 0.217 e. The fraction of sp³-hybridized carbons (Fsp3) is 0.429. The van der Waals surface area contributed by atoms with Gasteiger partial charge in [0.05, 0.1) is 12.8 Å². The monoisotopic (exact) mass is 354 g/mol. The van der Waals surface area contributed by atoms with Gasteiger partial charge >= 0.3 is 0 Å². The molecule has 1 aliphatic carbocycles. The van der Waals surface area contributed by atoms with E-state index in [1.165, 1.54) is 18.4 Å². The molecule has 1 unspecified atom stereocenters. The predicted molar refractivity (Wildman–Crippen MR) is 101 cm³/mol. The summed E-state index contributed by atoms with van der Waals surface area (Å²) < 4.78 is 11.5. The molecule has 0 saturated heterocycles. The van der Waals surface area contributed by atoms with Gasteiger partial charge in [-0.1, -0.05) is 12.1 Å². The normalized spacial score (nSPS) is 14.5. The van der Waals surface area contributed by atoms with Crippen molar-refractivity contribution in [2.75, 3.05) is 6.61 Å². The van der Waals surface area contributed by atoms with Crippen LogP contribution >= 0.6 is 0 Å². The first-order chi connectivity index (χ1) is 12.6. The molecule has 0 spiro atoms. The first-order valence-electron chi connectivity index (χ1n) is 9.21. The maximum atomic E-state index is 11.0. The lowest BCUT2D eigenvalue weighted by Gasteiger charge is -2.12. The molecule has 1 aliphatic rings. The minimum atomic E-state index is 0.0128. The van der Waals surface area contributed by atoms with E-state index in [-0.39, 0.29) is 11.9 Å². The second-order valence-electron chi connectivity index (χ2n) is 6.97. The highest BCUT2D eigenvalue weighted by Crippen LogP contribution is 2.29. The largest absolute Gasteiger partial charge is 0.477 e. The molecule has 1 heterocycles. The van der Waals surface area contributed by atoms with Crippen molar-refractivity contribution in [3.05, 3.63) is 48.2 Å². The van der Waals surface area contributed by atoms with Crippen LogP contribution in [0.4, 0.5) is 0 Å². The number of nitrogens with one attached hydrogen (secondary N) is 1. The molecule has 138 valence electrons. The minimum absolute atomic E-state index is 0.0128. The lowest BCUT2D eigenvalue weighted by molar-refractivity contribution is -0.119. The molecule has 0 aliphatic heterocycles. The van der Waals surface area contributed by atoms with E-state index in [9.17, 15) is 4.79 Å². The maximum absolute atomic E-state index is 11.0. The van der Waals surface area contributed by atoms with Gasteiger partial charge in [0.2, 0.25) is 11.8 Å². The zero-order valence-corrected chi connectivity index (χ0v) is 15.4. The van der Waals surface area contributed by atoms with Crippen molar-refractivity contribution in [2.45, 2.75) is 45.6 Å². The van der Waals surface area contributed by atoms with Gasteiger partial charge in [0.1, 0.15) is 11.5 Å². The van der Waals surface area contributed by atoms with Gasteiger partial charge < -0.3 is 14.8 Å². The van der Waals surface area contributed by atoms with E-state index < -0.39 is 0 Å². The SMILES string of the molecule is CC(=O)NC(C)CCc1ccc(Oc2ccc(OCC3CC3)nc2)cc1. The molecule has 1 fully saturated rings. The summed E-state index contributed by atoms with van der Waals surface area (Å²) in [5.74, 6) is 2.84. The summed E-state index contributed by atoms with van der Waals surface area (Å²) in [5.41, 5.74) is 1.22. The Kier molecular flexibility index (Phi) is 6.10. The highest BCUT2D eigenvalue weighted by atomic mass is 16.5. The number of hydrogen-bond donors (Lipinski definition) is 1. The molecule has 1 aromatic carbocycles. The van der Waals surface area contributed by atoms with E-state index in [0.29, 0.717) is 17.5 Å². The average molecular weight is 354 g/mol.